The van der Waals surface area contributed by atoms with Gasteiger partial charge in [-0.1, -0.05) is 88.3 Å². The molecule has 491 valence electrons. The predicted molar refractivity (Wildman–Crippen MR) is 276 cm³/mol. The van der Waals surface area contributed by atoms with Crippen molar-refractivity contribution in [1.29, 1.82) is 0 Å². The molecule has 0 heterocycles. The fourth-order valence-electron chi connectivity index (χ4n) is 10.8. The van der Waals surface area contributed by atoms with E-state index in [4.69, 9.17) is 82.1 Å². The summed E-state index contributed by atoms with van der Waals surface area (Å²) >= 11 is -13.6. The molecule has 0 spiro atoms. The standard InChI is InChI=1S/C10H16O.C9H18O3.C9H18O2.C8H14O2.C8H12O2.C7H12O6.CH4.3ClH.2IO4.2Na.Ru/c1-4-9-5-7(2)10(11)8(3)6-9;1-6-3-9(12,5-10)4-7(2)8(6)11;1-6-4-9(3,11)5-7(2)8(6)10;2*1-5-3-7(9)4-6(2)8(5)10;8-3-1-7(13,6(11)12)2-4(9)5(3)10;;;;;2*2-1(3,4)5;;;/h4,7-8H,5-6H2,1-3H3;6-8,10-12H,3-5H2,1-2H3;6-8,10-11H,4-5H2,1-3H3;5-6,8,10H,3-4H2,1-2H3;5-6H,3-4H2,1-2H3;3-5,8-10,13H,1-2H2,(H,11,12);1H4;3*1H;;;;;/q;;;;;;;;;;2*-1;2*+1;+3/p-3/t7-,8-;2*6-,7-,8?,9?;2*5-,6-;3-,4-,5?,7?;;;;;;;;;/m111111........./s1. The van der Waals surface area contributed by atoms with E-state index < -0.39 is 107 Å². The first-order chi connectivity index (χ1) is 36.4. The zero-order chi connectivity index (χ0) is 64.7. The number of rotatable bonds is 2. The summed E-state index contributed by atoms with van der Waals surface area (Å²) in [5, 5.41) is 102. The van der Waals surface area contributed by atoms with Crippen LogP contribution in [-0.4, -0.2) is 145 Å². The molecule has 6 aliphatic carbocycles. The summed E-state index contributed by atoms with van der Waals surface area (Å²) in [7, 11) is 14.8. The average Bonchev–Trinajstić information content (AvgIpc) is 3.28. The van der Waals surface area contributed by atoms with Gasteiger partial charge in [0.05, 0.1) is 48.3 Å². The van der Waals surface area contributed by atoms with Crippen molar-refractivity contribution in [3.05, 3.63) is 11.6 Å². The molecule has 0 radical (unpaired) electrons. The molecular weight excluding hydrogens is 1520 g/mol. The number of carbonyl (C=O) groups is 5. The van der Waals surface area contributed by atoms with Gasteiger partial charge in [0.25, 0.3) is 0 Å². The first-order valence-corrected chi connectivity index (χ1v) is 39.9. The second-order valence-electron chi connectivity index (χ2n) is 23.0. The summed E-state index contributed by atoms with van der Waals surface area (Å²) in [6.07, 6.45) is 2.61. The van der Waals surface area contributed by atoms with Crippen molar-refractivity contribution in [2.24, 2.45) is 59.2 Å². The van der Waals surface area contributed by atoms with E-state index in [1.165, 1.54) is 5.57 Å². The molecule has 0 unspecified atom stereocenters. The van der Waals surface area contributed by atoms with E-state index in [0.717, 1.165) is 25.7 Å². The number of aliphatic hydroxyl groups excluding tert-OH is 7. The van der Waals surface area contributed by atoms with Crippen LogP contribution < -0.4 is 127 Å². The summed E-state index contributed by atoms with van der Waals surface area (Å²) in [6.45, 7) is 23.1. The van der Waals surface area contributed by atoms with Crippen LogP contribution in [0.25, 0.3) is 0 Å². The third-order valence-corrected chi connectivity index (χ3v) is 14.7. The van der Waals surface area contributed by atoms with Crippen LogP contribution in [0.3, 0.4) is 0 Å². The normalized spacial score (nSPS) is 35.7. The van der Waals surface area contributed by atoms with Gasteiger partial charge >= 0.3 is 107 Å². The maximum atomic E-state index is 11.4. The van der Waals surface area contributed by atoms with Crippen LogP contribution in [0.2, 0.25) is 0 Å². The Morgan fingerprint density at radius 3 is 1.04 bits per heavy atom. The molecule has 0 aromatic carbocycles. The van der Waals surface area contributed by atoms with Gasteiger partial charge in [0.15, 0.2) is 5.60 Å². The minimum absolute atomic E-state index is 0. The van der Waals surface area contributed by atoms with Crippen molar-refractivity contribution in [3.63, 3.8) is 0 Å². The van der Waals surface area contributed by atoms with Gasteiger partial charge in [0.2, 0.25) is 0 Å². The quantitative estimate of drug-likeness (QED) is 0.0695. The minimum atomic E-state index is -5.94. The minimum Gasteiger partial charge on any atom is -0.286 e. The summed E-state index contributed by atoms with van der Waals surface area (Å²) in [6, 6.07) is 0. The van der Waals surface area contributed by atoms with Gasteiger partial charge in [0, 0.05) is 62.2 Å². The Hall–Kier alpha value is 2.12. The van der Waals surface area contributed by atoms with Crippen LogP contribution in [0.4, 0.5) is 0 Å². The topological polar surface area (TPSA) is 492 Å². The van der Waals surface area contributed by atoms with Crippen molar-refractivity contribution in [2.45, 2.75) is 221 Å². The molecule has 0 saturated heterocycles. The first kappa shape index (κ1) is 97.2. The molecule has 6 rings (SSSR count). The maximum Gasteiger partial charge on any atom is 1.00 e. The van der Waals surface area contributed by atoms with Gasteiger partial charge < -0.3 is 56.2 Å². The molecule has 0 aromatic rings. The van der Waals surface area contributed by atoms with Crippen LogP contribution in [0.1, 0.15) is 168 Å². The molecule has 6 aliphatic rings. The van der Waals surface area contributed by atoms with E-state index in [-0.39, 0.29) is 162 Å². The van der Waals surface area contributed by atoms with Crippen molar-refractivity contribution >= 4 is 58.2 Å². The number of halogens is 5. The molecule has 24 nitrogen and oxygen atoms in total. The Labute approximate surface area is 570 Å². The number of carbonyl (C=O) groups excluding carboxylic acids is 4. The number of ketones is 4. The van der Waals surface area contributed by atoms with E-state index in [1.54, 1.807) is 0 Å². The summed E-state index contributed by atoms with van der Waals surface area (Å²) in [5.74, 6) is 1.10. The summed E-state index contributed by atoms with van der Waals surface area (Å²) in [5.41, 5.74) is -2.21. The summed E-state index contributed by atoms with van der Waals surface area (Å²) < 4.78 is 68.9. The molecule has 6 fully saturated rings. The second kappa shape index (κ2) is 45.5. The van der Waals surface area contributed by atoms with Crippen LogP contribution in [0.15, 0.2) is 11.6 Å². The molecule has 12 atom stereocenters. The third-order valence-electron chi connectivity index (χ3n) is 14.7. The Bertz CT molecular complexity index is 1820. The van der Waals surface area contributed by atoms with Gasteiger partial charge in [-0.25, -0.2) is 4.79 Å². The maximum absolute atomic E-state index is 11.4. The van der Waals surface area contributed by atoms with Gasteiger partial charge in [0.1, 0.15) is 69.4 Å². The Morgan fingerprint density at radius 1 is 0.524 bits per heavy atom. The number of allylic oxidation sites excluding steroid dienone is 2. The number of aliphatic carboxylic acids is 1. The number of hydrogen-bond acceptors (Lipinski definition) is 23. The number of hydrogen-bond donors (Lipinski definition) is 11. The molecule has 32 heteroatoms. The summed E-state index contributed by atoms with van der Waals surface area (Å²) in [4.78, 5) is 54.8. The zero-order valence-corrected chi connectivity index (χ0v) is 62.3. The van der Waals surface area contributed by atoms with E-state index in [9.17, 15) is 54.6 Å². The predicted octanol–water partition coefficient (Wildman–Crippen LogP) is -15.1. The van der Waals surface area contributed by atoms with Crippen molar-refractivity contribution in [1.82, 2.24) is 0 Å². The van der Waals surface area contributed by atoms with E-state index in [2.05, 4.69) is 13.0 Å². The van der Waals surface area contributed by atoms with Gasteiger partial charge in [-0.2, -0.15) is 0 Å². The van der Waals surface area contributed by atoms with Gasteiger partial charge in [-0.3, -0.25) is 46.7 Å². The molecule has 0 bridgehead atoms. The molecule has 11 N–H and O–H groups in total. The van der Waals surface area contributed by atoms with Crippen LogP contribution in [0, 0.1) is 59.2 Å². The second-order valence-corrected chi connectivity index (χ2v) is 35.2. The molecule has 0 amide bonds. The first-order valence-electron chi connectivity index (χ1n) is 26.1. The van der Waals surface area contributed by atoms with Crippen LogP contribution in [0.5, 0.6) is 0 Å². The molecule has 0 aromatic heterocycles. The van der Waals surface area contributed by atoms with Crippen molar-refractivity contribution in [3.8, 4) is 0 Å². The molecule has 6 saturated carbocycles. The number of Topliss-reactive ketones (excluding diaryl/α,β-unsaturated/α-hetero) is 4. The Balaban J connectivity index is -0.000000207. The molecule has 0 aliphatic heterocycles. The van der Waals surface area contributed by atoms with Crippen molar-refractivity contribution < 1.29 is 220 Å². The van der Waals surface area contributed by atoms with Gasteiger partial charge in [-0.15, -0.1) is 0 Å². The largest absolute Gasteiger partial charge is 1.00 e. The Kier molecular flexibility index (Phi) is 52.6. The fraction of sp³-hybridized carbons (Fsp3) is 0.865. The number of aliphatic hydroxyl groups is 10. The smallest absolute Gasteiger partial charge is 0.286 e. The third kappa shape index (κ3) is 43.9. The zero-order valence-electron chi connectivity index (χ0n) is 50.0. The van der Waals surface area contributed by atoms with E-state index in [0.29, 0.717) is 50.1 Å². The van der Waals surface area contributed by atoms with Crippen molar-refractivity contribution in [2.75, 3.05) is 6.61 Å². The number of carboxylic acid groups (broad SMARTS) is 1. The number of carboxylic acids is 1. The Morgan fingerprint density at radius 2 is 0.774 bits per heavy atom. The van der Waals surface area contributed by atoms with E-state index >= 15 is 0 Å². The molecular formula is C52H94Cl3I2Na2O24Ru. The SMILES string of the molecule is C.CC=C1C[C@@H](C)C(=O)[C@H](C)C1.C[C@@H]1CC(=O)C[C@@H](C)C1=O.C[C@@H]1CC(=O)C[C@@H](C)C1O.C[C@@H]1CC(C)(O)C[C@@H](C)C1O.C[C@@H]1CC(O)(CO)C[C@@H](C)C1O.O=C(O)C1(O)C[C@@H](O)C(O)[C@H](O)C1.[Cl][Ru]([Cl])[Cl].[Na+].[Na+].[O-][I+3]([O-])([O-])[O-].[O-][I+3]([O-])([O-])[O-]. The van der Waals surface area contributed by atoms with Crippen LogP contribution in [-0.2, 0) is 37.0 Å². The fourth-order valence-corrected chi connectivity index (χ4v) is 10.8. The van der Waals surface area contributed by atoms with Gasteiger partial charge in [-0.05, 0) is 87.9 Å². The van der Waals surface area contributed by atoms with E-state index in [1.807, 2.05) is 76.2 Å². The monoisotopic (exact) mass is 1610 g/mol. The molecule has 84 heavy (non-hydrogen) atoms. The average molecular weight is 1610 g/mol. The van der Waals surface area contributed by atoms with Crippen LogP contribution >= 0.6 is 29.1 Å².